The molecule has 0 bridgehead atoms. The van der Waals surface area contributed by atoms with Crippen molar-refractivity contribution >= 4 is 0 Å². The number of hydrogen-bond donors (Lipinski definition) is 1. The van der Waals surface area contributed by atoms with Crippen LogP contribution in [0.25, 0.3) is 0 Å². The maximum atomic E-state index is 13.6. The van der Waals surface area contributed by atoms with Crippen molar-refractivity contribution < 1.29 is 18.6 Å². The predicted octanol–water partition coefficient (Wildman–Crippen LogP) is 1.97. The number of rotatable bonds is 7. The van der Waals surface area contributed by atoms with Crippen molar-refractivity contribution in [3.05, 3.63) is 35.4 Å². The number of halogens is 2. The minimum absolute atomic E-state index is 0.0161. The number of aliphatic hydroxyl groups excluding tert-OH is 1. The molecule has 1 N–H and O–H groups in total. The van der Waals surface area contributed by atoms with E-state index in [0.717, 1.165) is 12.1 Å². The summed E-state index contributed by atoms with van der Waals surface area (Å²) in [5.74, 6) is -0.852. The molecule has 5 heteroatoms. The van der Waals surface area contributed by atoms with Gasteiger partial charge in [0.15, 0.2) is 0 Å². The monoisotopic (exact) mass is 259 g/mol. The number of hydrogen-bond acceptors (Lipinski definition) is 3. The molecule has 1 aromatic carbocycles. The fourth-order valence-electron chi connectivity index (χ4n) is 1.64. The average Bonchev–Trinajstić information content (AvgIpc) is 2.36. The van der Waals surface area contributed by atoms with E-state index < -0.39 is 11.6 Å². The Morgan fingerprint density at radius 2 is 2.06 bits per heavy atom. The van der Waals surface area contributed by atoms with Gasteiger partial charge in [-0.15, -0.1) is 0 Å². The van der Waals surface area contributed by atoms with E-state index in [1.165, 1.54) is 6.07 Å². The van der Waals surface area contributed by atoms with Crippen molar-refractivity contribution in [2.75, 3.05) is 33.4 Å². The molecule has 0 saturated heterocycles. The normalized spacial score (nSPS) is 13.0. The molecule has 0 heterocycles. The van der Waals surface area contributed by atoms with Gasteiger partial charge in [0.05, 0.1) is 19.8 Å². The van der Waals surface area contributed by atoms with Crippen molar-refractivity contribution in [1.29, 1.82) is 0 Å². The largest absolute Gasteiger partial charge is 0.394 e. The molecule has 0 aliphatic heterocycles. The maximum Gasteiger partial charge on any atom is 0.128 e. The van der Waals surface area contributed by atoms with Crippen molar-refractivity contribution in [1.82, 2.24) is 4.90 Å². The van der Waals surface area contributed by atoms with Crippen molar-refractivity contribution in [2.24, 2.45) is 0 Å². The molecule has 1 rings (SSSR count). The fourth-order valence-corrected chi connectivity index (χ4v) is 1.64. The molecule has 1 unspecified atom stereocenters. The first-order chi connectivity index (χ1) is 8.56. The minimum atomic E-state index is -0.441. The number of aliphatic hydroxyl groups is 1. The Kier molecular flexibility index (Phi) is 6.18. The summed E-state index contributed by atoms with van der Waals surface area (Å²) in [6.45, 7) is 3.10. The summed E-state index contributed by atoms with van der Waals surface area (Å²) in [7, 11) is 1.82. The molecule has 0 aliphatic carbocycles. The van der Waals surface area contributed by atoms with Crippen LogP contribution in [0.15, 0.2) is 18.2 Å². The lowest BCUT2D eigenvalue weighted by Crippen LogP contribution is -2.27. The van der Waals surface area contributed by atoms with E-state index in [2.05, 4.69) is 0 Å². The zero-order chi connectivity index (χ0) is 13.5. The van der Waals surface area contributed by atoms with E-state index in [1.54, 1.807) is 0 Å². The van der Waals surface area contributed by atoms with Gasteiger partial charge < -0.3 is 9.84 Å². The summed E-state index contributed by atoms with van der Waals surface area (Å²) in [5, 5.41) is 8.56. The molecule has 0 fully saturated rings. The third-order valence-electron chi connectivity index (χ3n) is 2.89. The quantitative estimate of drug-likeness (QED) is 0.760. The average molecular weight is 259 g/mol. The summed E-state index contributed by atoms with van der Waals surface area (Å²) in [6, 6.07) is 3.22. The van der Waals surface area contributed by atoms with Gasteiger partial charge in [-0.05, 0) is 32.2 Å². The highest BCUT2D eigenvalue weighted by Gasteiger charge is 2.16. The van der Waals surface area contributed by atoms with Gasteiger partial charge in [-0.25, -0.2) is 8.78 Å². The zero-order valence-electron chi connectivity index (χ0n) is 10.7. The van der Waals surface area contributed by atoms with Crippen LogP contribution in [0.2, 0.25) is 0 Å². The third kappa shape index (κ3) is 4.33. The highest BCUT2D eigenvalue weighted by molar-refractivity contribution is 5.21. The van der Waals surface area contributed by atoms with E-state index in [-0.39, 0.29) is 19.3 Å². The van der Waals surface area contributed by atoms with Crippen molar-refractivity contribution in [3.8, 4) is 0 Å². The SMILES string of the molecule is CC(c1cc(F)ccc1F)N(C)CCOCCO. The standard InChI is InChI=1S/C13H19F2NO2/c1-10(16(2)5-7-18-8-6-17)12-9-11(14)3-4-13(12)15/h3-4,9-10,17H,5-8H2,1-2H3. The lowest BCUT2D eigenvalue weighted by Gasteiger charge is -2.25. The first-order valence-electron chi connectivity index (χ1n) is 5.90. The summed E-state index contributed by atoms with van der Waals surface area (Å²) < 4.78 is 31.8. The van der Waals surface area contributed by atoms with Crippen LogP contribution in [0, 0.1) is 11.6 Å². The van der Waals surface area contributed by atoms with Gasteiger partial charge in [-0.2, -0.15) is 0 Å². The second-order valence-electron chi connectivity index (χ2n) is 4.16. The molecular formula is C13H19F2NO2. The molecule has 3 nitrogen and oxygen atoms in total. The summed E-state index contributed by atoms with van der Waals surface area (Å²) in [6.07, 6.45) is 0. The lowest BCUT2D eigenvalue weighted by molar-refractivity contribution is 0.0715. The van der Waals surface area contributed by atoms with E-state index >= 15 is 0 Å². The highest BCUT2D eigenvalue weighted by atomic mass is 19.1. The summed E-state index contributed by atoms with van der Waals surface area (Å²) in [4.78, 5) is 1.87. The van der Waals surface area contributed by atoms with Crippen LogP contribution in [0.3, 0.4) is 0 Å². The Hall–Kier alpha value is -1.04. The first kappa shape index (κ1) is 15.0. The fraction of sp³-hybridized carbons (Fsp3) is 0.538. The van der Waals surface area contributed by atoms with E-state index in [0.29, 0.717) is 18.7 Å². The Bertz CT molecular complexity index is 374. The van der Waals surface area contributed by atoms with Gasteiger partial charge in [0.1, 0.15) is 11.6 Å². The van der Waals surface area contributed by atoms with Crippen LogP contribution in [0.1, 0.15) is 18.5 Å². The molecule has 0 aromatic heterocycles. The topological polar surface area (TPSA) is 32.7 Å². The van der Waals surface area contributed by atoms with Gasteiger partial charge in [0.2, 0.25) is 0 Å². The highest BCUT2D eigenvalue weighted by Crippen LogP contribution is 2.22. The van der Waals surface area contributed by atoms with Gasteiger partial charge in [-0.1, -0.05) is 0 Å². The number of nitrogens with zero attached hydrogens (tertiary/aromatic N) is 1. The Labute approximate surface area is 106 Å². The second-order valence-corrected chi connectivity index (χ2v) is 4.16. The molecule has 0 aliphatic rings. The van der Waals surface area contributed by atoms with Gasteiger partial charge in [0, 0.05) is 18.2 Å². The minimum Gasteiger partial charge on any atom is -0.394 e. The first-order valence-corrected chi connectivity index (χ1v) is 5.90. The molecular weight excluding hydrogens is 240 g/mol. The lowest BCUT2D eigenvalue weighted by atomic mass is 10.1. The molecule has 0 spiro atoms. The molecule has 102 valence electrons. The number of ether oxygens (including phenoxy) is 1. The molecule has 0 radical (unpaired) electrons. The van der Waals surface area contributed by atoms with E-state index in [9.17, 15) is 8.78 Å². The summed E-state index contributed by atoms with van der Waals surface area (Å²) >= 11 is 0. The van der Waals surface area contributed by atoms with Crippen molar-refractivity contribution in [2.45, 2.75) is 13.0 Å². The third-order valence-corrected chi connectivity index (χ3v) is 2.89. The second kappa shape index (κ2) is 7.41. The van der Waals surface area contributed by atoms with E-state index in [1.807, 2.05) is 18.9 Å². The Morgan fingerprint density at radius 3 is 2.72 bits per heavy atom. The maximum absolute atomic E-state index is 13.6. The van der Waals surface area contributed by atoms with Crippen LogP contribution in [-0.4, -0.2) is 43.4 Å². The molecule has 1 aromatic rings. The molecule has 0 amide bonds. The zero-order valence-corrected chi connectivity index (χ0v) is 10.7. The van der Waals surface area contributed by atoms with Crippen LogP contribution in [0.5, 0.6) is 0 Å². The summed E-state index contributed by atoms with van der Waals surface area (Å²) in [5.41, 5.74) is 0.333. The van der Waals surface area contributed by atoms with Crippen molar-refractivity contribution in [3.63, 3.8) is 0 Å². The molecule has 1 atom stereocenters. The molecule has 18 heavy (non-hydrogen) atoms. The Balaban J connectivity index is 2.56. The number of benzene rings is 1. The van der Waals surface area contributed by atoms with Crippen LogP contribution >= 0.6 is 0 Å². The van der Waals surface area contributed by atoms with Gasteiger partial charge in [0.25, 0.3) is 0 Å². The van der Waals surface area contributed by atoms with Gasteiger partial charge in [-0.3, -0.25) is 4.90 Å². The van der Waals surface area contributed by atoms with Crippen LogP contribution in [-0.2, 0) is 4.74 Å². The van der Waals surface area contributed by atoms with Crippen LogP contribution in [0.4, 0.5) is 8.78 Å². The molecule has 0 saturated carbocycles. The van der Waals surface area contributed by atoms with Crippen LogP contribution < -0.4 is 0 Å². The Morgan fingerprint density at radius 1 is 1.33 bits per heavy atom. The predicted molar refractivity (Wildman–Crippen MR) is 65.3 cm³/mol. The smallest absolute Gasteiger partial charge is 0.128 e. The number of likely N-dealkylation sites (N-methyl/N-ethyl adjacent to an activating group) is 1. The van der Waals surface area contributed by atoms with Gasteiger partial charge >= 0.3 is 0 Å². The van der Waals surface area contributed by atoms with E-state index in [4.69, 9.17) is 9.84 Å².